The molecule has 0 bridgehead atoms. The number of aromatic amines is 1. The second-order valence-electron chi connectivity index (χ2n) is 4.39. The first kappa shape index (κ1) is 8.10. The van der Waals surface area contributed by atoms with Gasteiger partial charge in [0, 0.05) is 11.2 Å². The lowest BCUT2D eigenvalue weighted by Crippen LogP contribution is -2.08. The molecule has 0 spiro atoms. The van der Waals surface area contributed by atoms with Crippen LogP contribution in [0, 0.1) is 6.92 Å². The number of aryl methyl sites for hydroxylation is 1. The second kappa shape index (κ2) is 2.88. The van der Waals surface area contributed by atoms with Gasteiger partial charge in [-0.15, -0.1) is 0 Å². The topological polar surface area (TPSA) is 15.8 Å². The van der Waals surface area contributed by atoms with Gasteiger partial charge in [0.1, 0.15) is 0 Å². The molecule has 0 unspecified atom stereocenters. The fourth-order valence-corrected chi connectivity index (χ4v) is 2.27. The van der Waals surface area contributed by atoms with Crippen LogP contribution in [0.2, 0.25) is 0 Å². The van der Waals surface area contributed by atoms with Crippen molar-refractivity contribution in [2.45, 2.75) is 32.1 Å². The summed E-state index contributed by atoms with van der Waals surface area (Å²) in [5.41, 5.74) is 4.13. The zero-order chi connectivity index (χ0) is 9.54. The Kier molecular flexibility index (Phi) is 1.66. The average Bonchev–Trinajstić information content (AvgIpc) is 2.46. The molecule has 0 amide bonds. The monoisotopic (exact) mass is 185 g/mol. The number of hydrogen-bond donors (Lipinski definition) is 1. The Morgan fingerprint density at radius 3 is 2.79 bits per heavy atom. The van der Waals surface area contributed by atoms with Crippen molar-refractivity contribution in [3.63, 3.8) is 0 Å². The van der Waals surface area contributed by atoms with Gasteiger partial charge >= 0.3 is 0 Å². The number of aromatic nitrogens is 1. The summed E-state index contributed by atoms with van der Waals surface area (Å²) in [7, 11) is 0. The lowest BCUT2D eigenvalue weighted by molar-refractivity contribution is 0.413. The summed E-state index contributed by atoms with van der Waals surface area (Å²) in [6.45, 7) is 2.17. The summed E-state index contributed by atoms with van der Waals surface area (Å²) in [5.74, 6) is 0.807. The largest absolute Gasteiger partial charge is 0.358 e. The maximum Gasteiger partial charge on any atom is 0.0485 e. The van der Waals surface area contributed by atoms with Crippen LogP contribution in [0.5, 0.6) is 0 Å². The van der Waals surface area contributed by atoms with Gasteiger partial charge in [0.15, 0.2) is 0 Å². The van der Waals surface area contributed by atoms with Gasteiger partial charge in [-0.1, -0.05) is 24.6 Å². The number of para-hydroxylation sites is 1. The highest BCUT2D eigenvalue weighted by atomic mass is 14.7. The van der Waals surface area contributed by atoms with Crippen LogP contribution in [0.25, 0.3) is 10.9 Å². The molecule has 0 aliphatic heterocycles. The quantitative estimate of drug-likeness (QED) is 0.696. The molecule has 1 N–H and O–H groups in total. The molecule has 1 aliphatic rings. The van der Waals surface area contributed by atoms with E-state index in [-0.39, 0.29) is 0 Å². The van der Waals surface area contributed by atoms with E-state index in [1.165, 1.54) is 41.4 Å². The van der Waals surface area contributed by atoms with Crippen LogP contribution in [-0.4, -0.2) is 4.98 Å². The van der Waals surface area contributed by atoms with E-state index in [0.717, 1.165) is 5.92 Å². The fourth-order valence-electron chi connectivity index (χ4n) is 2.27. The van der Waals surface area contributed by atoms with Crippen LogP contribution in [0.3, 0.4) is 0 Å². The number of nitrogens with one attached hydrogen (secondary N) is 1. The Bertz CT molecular complexity index is 463. The van der Waals surface area contributed by atoms with Crippen LogP contribution < -0.4 is 0 Å². The third-order valence-electron chi connectivity index (χ3n) is 3.43. The fraction of sp³-hybridized carbons (Fsp3) is 0.385. The highest BCUT2D eigenvalue weighted by Crippen LogP contribution is 2.37. The minimum atomic E-state index is 0.807. The van der Waals surface area contributed by atoms with Gasteiger partial charge in [-0.05, 0) is 42.7 Å². The van der Waals surface area contributed by atoms with Crippen LogP contribution in [0.15, 0.2) is 24.3 Å². The Balaban J connectivity index is 2.15. The molecule has 1 heteroatoms. The molecule has 1 heterocycles. The van der Waals surface area contributed by atoms with Gasteiger partial charge in [-0.2, -0.15) is 0 Å². The maximum absolute atomic E-state index is 3.57. The Morgan fingerprint density at radius 1 is 1.29 bits per heavy atom. The molecule has 2 aromatic rings. The third kappa shape index (κ3) is 1.08. The first-order valence-corrected chi connectivity index (χ1v) is 5.43. The van der Waals surface area contributed by atoms with Crippen molar-refractivity contribution in [2.75, 3.05) is 0 Å². The van der Waals surface area contributed by atoms with Crippen molar-refractivity contribution in [3.8, 4) is 0 Å². The highest BCUT2D eigenvalue weighted by molar-refractivity contribution is 5.83. The number of benzene rings is 1. The average molecular weight is 185 g/mol. The Labute approximate surface area is 84.1 Å². The molecule has 1 aromatic carbocycles. The summed E-state index contributed by atoms with van der Waals surface area (Å²) in [4.78, 5) is 3.57. The summed E-state index contributed by atoms with van der Waals surface area (Å²) < 4.78 is 0. The van der Waals surface area contributed by atoms with Crippen LogP contribution in [-0.2, 0) is 0 Å². The number of rotatable bonds is 1. The van der Waals surface area contributed by atoms with Gasteiger partial charge in [0.05, 0.1) is 0 Å². The van der Waals surface area contributed by atoms with Crippen molar-refractivity contribution in [2.24, 2.45) is 0 Å². The van der Waals surface area contributed by atoms with Crippen LogP contribution in [0.4, 0.5) is 0 Å². The van der Waals surface area contributed by atoms with E-state index < -0.39 is 0 Å². The van der Waals surface area contributed by atoms with E-state index in [2.05, 4.69) is 36.2 Å². The first-order valence-electron chi connectivity index (χ1n) is 5.43. The SMILES string of the molecule is Cc1cccc2cc(C3CCC3)[nH]c12. The zero-order valence-electron chi connectivity index (χ0n) is 8.51. The van der Waals surface area contributed by atoms with Crippen LogP contribution in [0.1, 0.15) is 36.4 Å². The summed E-state index contributed by atoms with van der Waals surface area (Å²) in [6.07, 6.45) is 4.14. The minimum absolute atomic E-state index is 0.807. The van der Waals surface area contributed by atoms with E-state index in [0.29, 0.717) is 0 Å². The normalized spacial score (nSPS) is 17.2. The maximum atomic E-state index is 3.57. The van der Waals surface area contributed by atoms with E-state index in [4.69, 9.17) is 0 Å². The van der Waals surface area contributed by atoms with E-state index in [1.807, 2.05) is 0 Å². The van der Waals surface area contributed by atoms with Crippen molar-refractivity contribution in [3.05, 3.63) is 35.5 Å². The third-order valence-corrected chi connectivity index (χ3v) is 3.43. The van der Waals surface area contributed by atoms with Gasteiger partial charge in [0.2, 0.25) is 0 Å². The molecule has 1 saturated carbocycles. The molecule has 0 atom stereocenters. The van der Waals surface area contributed by atoms with Crippen molar-refractivity contribution in [1.29, 1.82) is 0 Å². The van der Waals surface area contributed by atoms with Gasteiger partial charge < -0.3 is 4.98 Å². The number of fused-ring (bicyclic) bond motifs is 1. The molecule has 72 valence electrons. The molecule has 0 radical (unpaired) electrons. The molecular formula is C13H15N. The predicted octanol–water partition coefficient (Wildman–Crippen LogP) is 3.74. The second-order valence-corrected chi connectivity index (χ2v) is 4.39. The Hall–Kier alpha value is -1.24. The first-order chi connectivity index (χ1) is 6.84. The van der Waals surface area contributed by atoms with Crippen molar-refractivity contribution in [1.82, 2.24) is 4.98 Å². The molecule has 1 aromatic heterocycles. The van der Waals surface area contributed by atoms with Gasteiger partial charge in [-0.25, -0.2) is 0 Å². The molecule has 3 rings (SSSR count). The molecule has 1 aliphatic carbocycles. The van der Waals surface area contributed by atoms with Crippen molar-refractivity contribution < 1.29 is 0 Å². The van der Waals surface area contributed by atoms with E-state index in [9.17, 15) is 0 Å². The summed E-state index contributed by atoms with van der Waals surface area (Å²) in [6, 6.07) is 8.83. The minimum Gasteiger partial charge on any atom is -0.358 e. The molecule has 1 fully saturated rings. The molecule has 1 nitrogen and oxygen atoms in total. The Morgan fingerprint density at radius 2 is 2.14 bits per heavy atom. The predicted molar refractivity (Wildman–Crippen MR) is 59.6 cm³/mol. The smallest absolute Gasteiger partial charge is 0.0485 e. The summed E-state index contributed by atoms with van der Waals surface area (Å²) in [5, 5.41) is 1.37. The van der Waals surface area contributed by atoms with E-state index in [1.54, 1.807) is 0 Å². The zero-order valence-corrected chi connectivity index (χ0v) is 8.51. The summed E-state index contributed by atoms with van der Waals surface area (Å²) >= 11 is 0. The molecule has 0 saturated heterocycles. The van der Waals surface area contributed by atoms with Crippen molar-refractivity contribution >= 4 is 10.9 Å². The standard InChI is InChI=1S/C13H15N/c1-9-4-2-7-11-8-12(14-13(9)11)10-5-3-6-10/h2,4,7-8,10,14H,3,5-6H2,1H3. The highest BCUT2D eigenvalue weighted by Gasteiger charge is 2.21. The van der Waals surface area contributed by atoms with E-state index >= 15 is 0 Å². The molecule has 14 heavy (non-hydrogen) atoms. The van der Waals surface area contributed by atoms with Gasteiger partial charge in [-0.3, -0.25) is 0 Å². The lowest BCUT2D eigenvalue weighted by atomic mass is 9.83. The van der Waals surface area contributed by atoms with Gasteiger partial charge in [0.25, 0.3) is 0 Å². The molecular weight excluding hydrogens is 170 g/mol. The van der Waals surface area contributed by atoms with Crippen LogP contribution >= 0.6 is 0 Å². The lowest BCUT2D eigenvalue weighted by Gasteiger charge is -2.23. The number of H-pyrrole nitrogens is 1. The number of hydrogen-bond acceptors (Lipinski definition) is 0.